The van der Waals surface area contributed by atoms with Crippen LogP contribution in [0, 0.1) is 17.8 Å². The fraction of sp³-hybridized carbons (Fsp3) is 0.316. The second kappa shape index (κ2) is 7.91. The number of fused-ring (bicyclic) bond motifs is 1. The van der Waals surface area contributed by atoms with Crippen LogP contribution < -0.4 is 16.5 Å². The zero-order valence-electron chi connectivity index (χ0n) is 15.8. The van der Waals surface area contributed by atoms with Crippen LogP contribution in [0.2, 0.25) is 0 Å². The molecule has 11 heteroatoms. The van der Waals surface area contributed by atoms with Gasteiger partial charge in [0.2, 0.25) is 0 Å². The number of aromatic amines is 2. The molecule has 2 atom stereocenters. The zero-order valence-corrected chi connectivity index (χ0v) is 16.6. The molecule has 0 amide bonds. The third-order valence-electron chi connectivity index (χ3n) is 5.09. The van der Waals surface area contributed by atoms with Gasteiger partial charge in [0, 0.05) is 17.5 Å². The number of nitrogens with one attached hydrogen (secondary N) is 2. The van der Waals surface area contributed by atoms with Gasteiger partial charge in [0.25, 0.3) is 0 Å². The molecule has 4 rings (SSSR count). The van der Waals surface area contributed by atoms with Crippen LogP contribution in [-0.2, 0) is 14.5 Å². The van der Waals surface area contributed by atoms with Crippen LogP contribution in [0.25, 0.3) is 11.2 Å². The Morgan fingerprint density at radius 2 is 1.93 bits per heavy atom. The van der Waals surface area contributed by atoms with Crippen molar-refractivity contribution in [2.24, 2.45) is 11.1 Å². The summed E-state index contributed by atoms with van der Waals surface area (Å²) in [7, 11) is -4.09. The van der Waals surface area contributed by atoms with Gasteiger partial charge in [-0.25, -0.2) is 14.7 Å². The first kappa shape index (κ1) is 20.1. The highest BCUT2D eigenvalue weighted by atomic mass is 32.2. The molecule has 1 aromatic carbocycles. The molecule has 156 valence electrons. The Bertz CT molecular complexity index is 1360. The summed E-state index contributed by atoms with van der Waals surface area (Å²) in [5.74, 6) is 5.56. The normalized spacial score (nSPS) is 19.0. The predicted octanol–water partition coefficient (Wildman–Crippen LogP) is 0.374. The van der Waals surface area contributed by atoms with Gasteiger partial charge in [-0.15, -0.1) is 0 Å². The van der Waals surface area contributed by atoms with Crippen LogP contribution in [0.4, 0.5) is 0 Å². The topological polar surface area (TPSA) is 153 Å². The van der Waals surface area contributed by atoms with Crippen LogP contribution in [0.15, 0.2) is 39.9 Å². The number of imidazole rings is 1. The quantitative estimate of drug-likeness (QED) is 0.510. The first-order valence-corrected chi connectivity index (χ1v) is 10.8. The highest BCUT2D eigenvalue weighted by Crippen LogP contribution is 2.36. The number of hydrogen-bond donors (Lipinski definition) is 3. The molecule has 10 nitrogen and oxygen atoms in total. The van der Waals surface area contributed by atoms with E-state index in [0.29, 0.717) is 18.4 Å². The van der Waals surface area contributed by atoms with Crippen molar-refractivity contribution in [3.8, 4) is 11.8 Å². The lowest BCUT2D eigenvalue weighted by Crippen LogP contribution is -2.29. The Hall–Kier alpha value is -3.20. The highest BCUT2D eigenvalue weighted by molar-refractivity contribution is 7.84. The Balaban J connectivity index is 1.76. The van der Waals surface area contributed by atoms with E-state index in [1.165, 1.54) is 4.57 Å². The minimum absolute atomic E-state index is 0.146. The molecule has 0 bridgehead atoms. The number of aromatic nitrogens is 4. The summed E-state index contributed by atoms with van der Waals surface area (Å²) in [6, 6.07) is 8.83. The van der Waals surface area contributed by atoms with E-state index in [4.69, 9.17) is 9.32 Å². The average molecular weight is 429 g/mol. The van der Waals surface area contributed by atoms with Crippen LogP contribution in [0.1, 0.15) is 36.6 Å². The number of H-pyrrole nitrogens is 2. The smallest absolute Gasteiger partial charge is 0.302 e. The zero-order chi connectivity index (χ0) is 21.3. The summed E-state index contributed by atoms with van der Waals surface area (Å²) in [5, 5.41) is 4.92. The van der Waals surface area contributed by atoms with Gasteiger partial charge in [-0.05, 0) is 30.9 Å². The van der Waals surface area contributed by atoms with Crippen LogP contribution in [-0.4, -0.2) is 34.5 Å². The molecular formula is C19H19N5O5S. The molecule has 2 unspecified atom stereocenters. The van der Waals surface area contributed by atoms with Crippen molar-refractivity contribution in [2.45, 2.75) is 25.3 Å². The molecule has 0 saturated heterocycles. The standard InChI is InChI=1S/C19H19N5O5S/c20-30(27,28)29-11-13-7-4-8-15(13)24-17-16(22-19(24)26)14(21-18(25)23-17)10-9-12-5-2-1-3-6-12/h1-3,5-6,13,15H,4,7-8,11H2,(H,22,26)(H2,20,27,28)(H,21,23,25). The fourth-order valence-corrected chi connectivity index (χ4v) is 4.17. The van der Waals surface area contributed by atoms with Gasteiger partial charge in [0.05, 0.1) is 6.61 Å². The van der Waals surface area contributed by atoms with Crippen molar-refractivity contribution in [3.05, 3.63) is 62.6 Å². The van der Waals surface area contributed by atoms with Crippen molar-refractivity contribution in [2.75, 3.05) is 6.61 Å². The average Bonchev–Trinajstić information content (AvgIpc) is 3.27. The molecule has 30 heavy (non-hydrogen) atoms. The van der Waals surface area contributed by atoms with E-state index in [2.05, 4.69) is 26.8 Å². The van der Waals surface area contributed by atoms with E-state index in [9.17, 15) is 18.0 Å². The first-order chi connectivity index (χ1) is 14.3. The first-order valence-electron chi connectivity index (χ1n) is 9.30. The van der Waals surface area contributed by atoms with Gasteiger partial charge in [-0.3, -0.25) is 13.7 Å². The van der Waals surface area contributed by atoms with Crippen molar-refractivity contribution in [1.82, 2.24) is 19.5 Å². The van der Waals surface area contributed by atoms with Crippen LogP contribution in [0.5, 0.6) is 0 Å². The SMILES string of the molecule is NS(=O)(=O)OCC1CCCC1n1c(=O)[nH]c2c(C#Cc3ccccc3)[nH]c(=O)nc21. The molecule has 1 saturated carbocycles. The molecule has 2 heterocycles. The lowest BCUT2D eigenvalue weighted by molar-refractivity contribution is 0.221. The molecule has 2 aromatic heterocycles. The van der Waals surface area contributed by atoms with Gasteiger partial charge in [-0.2, -0.15) is 13.4 Å². The summed E-state index contributed by atoms with van der Waals surface area (Å²) in [5.41, 5.74) is 0.408. The van der Waals surface area contributed by atoms with E-state index in [1.54, 1.807) is 0 Å². The Morgan fingerprint density at radius 1 is 1.17 bits per heavy atom. The monoisotopic (exact) mass is 429 g/mol. The summed E-state index contributed by atoms with van der Waals surface area (Å²) < 4.78 is 28.4. The van der Waals surface area contributed by atoms with Gasteiger partial charge in [-0.1, -0.05) is 30.5 Å². The van der Waals surface area contributed by atoms with Crippen molar-refractivity contribution < 1.29 is 12.6 Å². The fourth-order valence-electron chi connectivity index (χ4n) is 3.81. The predicted molar refractivity (Wildman–Crippen MR) is 109 cm³/mol. The number of rotatable bonds is 4. The number of hydrogen-bond acceptors (Lipinski definition) is 6. The van der Waals surface area contributed by atoms with Crippen molar-refractivity contribution >= 4 is 21.5 Å². The molecule has 4 N–H and O–H groups in total. The van der Waals surface area contributed by atoms with Crippen LogP contribution in [0.3, 0.4) is 0 Å². The summed E-state index contributed by atoms with van der Waals surface area (Å²) in [6.07, 6.45) is 2.04. The van der Waals surface area contributed by atoms with E-state index in [0.717, 1.165) is 12.0 Å². The number of nitrogens with two attached hydrogens (primary N) is 1. The Kier molecular flexibility index (Phi) is 5.29. The molecule has 3 aromatic rings. The van der Waals surface area contributed by atoms with Crippen LogP contribution >= 0.6 is 0 Å². The molecule has 1 fully saturated rings. The molecular weight excluding hydrogens is 410 g/mol. The number of nitrogens with zero attached hydrogens (tertiary/aromatic N) is 2. The Morgan fingerprint density at radius 3 is 2.67 bits per heavy atom. The summed E-state index contributed by atoms with van der Waals surface area (Å²) in [4.78, 5) is 34.1. The number of benzene rings is 1. The molecule has 0 aliphatic heterocycles. The minimum Gasteiger partial charge on any atom is -0.302 e. The maximum atomic E-state index is 12.7. The third kappa shape index (κ3) is 4.20. The molecule has 0 radical (unpaired) electrons. The lowest BCUT2D eigenvalue weighted by atomic mass is 10.1. The van der Waals surface area contributed by atoms with Crippen molar-refractivity contribution in [1.29, 1.82) is 0 Å². The van der Waals surface area contributed by atoms with Gasteiger partial charge >= 0.3 is 21.7 Å². The molecule has 1 aliphatic rings. The maximum Gasteiger partial charge on any atom is 0.347 e. The van der Waals surface area contributed by atoms with E-state index >= 15 is 0 Å². The summed E-state index contributed by atoms with van der Waals surface area (Å²) >= 11 is 0. The van der Waals surface area contributed by atoms with E-state index < -0.39 is 21.7 Å². The highest BCUT2D eigenvalue weighted by Gasteiger charge is 2.33. The summed E-state index contributed by atoms with van der Waals surface area (Å²) in [6.45, 7) is -0.146. The van der Waals surface area contributed by atoms with Gasteiger partial charge in [0.1, 0.15) is 11.2 Å². The molecule has 0 spiro atoms. The molecule has 1 aliphatic carbocycles. The second-order valence-electron chi connectivity index (χ2n) is 7.07. The third-order valence-corrected chi connectivity index (χ3v) is 5.56. The Labute approximate surface area is 171 Å². The maximum absolute atomic E-state index is 12.7. The van der Waals surface area contributed by atoms with Crippen molar-refractivity contribution in [3.63, 3.8) is 0 Å². The lowest BCUT2D eigenvalue weighted by Gasteiger charge is -2.19. The second-order valence-corrected chi connectivity index (χ2v) is 8.29. The van der Waals surface area contributed by atoms with Gasteiger partial charge < -0.3 is 4.98 Å². The van der Waals surface area contributed by atoms with E-state index in [1.807, 2.05) is 30.3 Å². The minimum atomic E-state index is -4.09. The van der Waals surface area contributed by atoms with Gasteiger partial charge in [0.15, 0.2) is 5.65 Å². The largest absolute Gasteiger partial charge is 0.347 e. The van der Waals surface area contributed by atoms with E-state index in [-0.39, 0.29) is 29.9 Å².